The van der Waals surface area contributed by atoms with Crippen molar-refractivity contribution in [3.05, 3.63) is 29.8 Å². The molecule has 1 aromatic rings. The normalized spacial score (nSPS) is 22.4. The maximum atomic E-state index is 11.1. The van der Waals surface area contributed by atoms with Crippen LogP contribution in [-0.4, -0.2) is 37.4 Å². The number of para-hydroxylation sites is 1. The number of nitrogens with one attached hydrogen (secondary N) is 1. The average molecular weight is 279 g/mol. The van der Waals surface area contributed by atoms with Crippen LogP contribution in [0.1, 0.15) is 30.9 Å². The van der Waals surface area contributed by atoms with Crippen LogP contribution in [0.25, 0.3) is 0 Å². The molecule has 0 aromatic heterocycles. The summed E-state index contributed by atoms with van der Waals surface area (Å²) in [7, 11) is 1.63. The lowest BCUT2D eigenvalue weighted by Gasteiger charge is -2.30. The van der Waals surface area contributed by atoms with Crippen LogP contribution in [0.2, 0.25) is 0 Å². The molecule has 2 rings (SSSR count). The van der Waals surface area contributed by atoms with Crippen molar-refractivity contribution in [1.82, 2.24) is 5.32 Å². The van der Waals surface area contributed by atoms with Gasteiger partial charge in [-0.1, -0.05) is 18.2 Å². The summed E-state index contributed by atoms with van der Waals surface area (Å²) in [5.41, 5.74) is 1.02. The van der Waals surface area contributed by atoms with Crippen molar-refractivity contribution < 1.29 is 19.4 Å². The standard InChI is InChI=1S/C15H21NO4/c1-19-9-10-20-14-8-3-2-5-11(14)12-6-4-7-13(16-12)15(17)18/h2-3,5,8,12-13,16H,4,6-7,9-10H2,1H3,(H,17,18). The molecule has 2 unspecified atom stereocenters. The molecule has 5 nitrogen and oxygen atoms in total. The minimum absolute atomic E-state index is 0.0311. The predicted molar refractivity (Wildman–Crippen MR) is 75.0 cm³/mol. The minimum atomic E-state index is -0.785. The number of carbonyl (C=O) groups is 1. The van der Waals surface area contributed by atoms with Crippen LogP contribution >= 0.6 is 0 Å². The van der Waals surface area contributed by atoms with E-state index in [0.717, 1.165) is 24.2 Å². The Balaban J connectivity index is 2.08. The number of ether oxygens (including phenoxy) is 2. The predicted octanol–water partition coefficient (Wildman–Crippen LogP) is 1.98. The van der Waals surface area contributed by atoms with Crippen LogP contribution in [-0.2, 0) is 9.53 Å². The molecule has 1 aromatic carbocycles. The molecule has 1 aliphatic heterocycles. The van der Waals surface area contributed by atoms with Gasteiger partial charge in [0.1, 0.15) is 18.4 Å². The second-order valence-electron chi connectivity index (χ2n) is 4.92. The van der Waals surface area contributed by atoms with Gasteiger partial charge < -0.3 is 14.6 Å². The largest absolute Gasteiger partial charge is 0.491 e. The van der Waals surface area contributed by atoms with E-state index in [1.165, 1.54) is 0 Å². The van der Waals surface area contributed by atoms with Crippen molar-refractivity contribution in [3.8, 4) is 5.75 Å². The van der Waals surface area contributed by atoms with Crippen molar-refractivity contribution in [2.45, 2.75) is 31.3 Å². The van der Waals surface area contributed by atoms with Gasteiger partial charge in [-0.3, -0.25) is 10.1 Å². The summed E-state index contributed by atoms with van der Waals surface area (Å²) in [6, 6.07) is 7.33. The van der Waals surface area contributed by atoms with E-state index in [-0.39, 0.29) is 6.04 Å². The van der Waals surface area contributed by atoms with Gasteiger partial charge in [-0.25, -0.2) is 0 Å². The van der Waals surface area contributed by atoms with E-state index in [2.05, 4.69) is 5.32 Å². The van der Waals surface area contributed by atoms with E-state index >= 15 is 0 Å². The van der Waals surface area contributed by atoms with Crippen LogP contribution in [0, 0.1) is 0 Å². The van der Waals surface area contributed by atoms with Crippen LogP contribution in [0.3, 0.4) is 0 Å². The fourth-order valence-corrected chi connectivity index (χ4v) is 2.51. The Kier molecular flexibility index (Phi) is 5.38. The van der Waals surface area contributed by atoms with Crippen LogP contribution in [0.4, 0.5) is 0 Å². The molecule has 0 spiro atoms. The summed E-state index contributed by atoms with van der Waals surface area (Å²) < 4.78 is 10.7. The highest BCUT2D eigenvalue weighted by atomic mass is 16.5. The number of methoxy groups -OCH3 is 1. The molecule has 0 amide bonds. The zero-order chi connectivity index (χ0) is 14.4. The quantitative estimate of drug-likeness (QED) is 0.779. The van der Waals surface area contributed by atoms with Gasteiger partial charge in [0.05, 0.1) is 6.61 Å². The number of aliphatic carboxylic acids is 1. The molecule has 1 saturated heterocycles. The monoisotopic (exact) mass is 279 g/mol. The van der Waals surface area contributed by atoms with Crippen LogP contribution < -0.4 is 10.1 Å². The van der Waals surface area contributed by atoms with Gasteiger partial charge in [-0.2, -0.15) is 0 Å². The lowest BCUT2D eigenvalue weighted by Crippen LogP contribution is -2.42. The number of benzene rings is 1. The number of rotatable bonds is 6. The first-order valence-electron chi connectivity index (χ1n) is 6.92. The number of carboxylic acid groups (broad SMARTS) is 1. The Hall–Kier alpha value is -1.59. The fraction of sp³-hybridized carbons (Fsp3) is 0.533. The third-order valence-corrected chi connectivity index (χ3v) is 3.53. The summed E-state index contributed by atoms with van der Waals surface area (Å²) in [6.07, 6.45) is 2.51. The molecular weight excluding hydrogens is 258 g/mol. The van der Waals surface area contributed by atoms with Crippen molar-refractivity contribution in [1.29, 1.82) is 0 Å². The van der Waals surface area contributed by atoms with Crippen LogP contribution in [0.5, 0.6) is 5.75 Å². The Morgan fingerprint density at radius 2 is 2.15 bits per heavy atom. The Morgan fingerprint density at radius 3 is 2.90 bits per heavy atom. The van der Waals surface area contributed by atoms with E-state index in [1.807, 2.05) is 24.3 Å². The van der Waals surface area contributed by atoms with Gasteiger partial charge in [0.15, 0.2) is 0 Å². The van der Waals surface area contributed by atoms with Crippen molar-refractivity contribution in [2.24, 2.45) is 0 Å². The van der Waals surface area contributed by atoms with E-state index in [4.69, 9.17) is 14.6 Å². The minimum Gasteiger partial charge on any atom is -0.491 e. The highest BCUT2D eigenvalue weighted by Gasteiger charge is 2.28. The first-order chi connectivity index (χ1) is 9.72. The third kappa shape index (κ3) is 3.71. The molecule has 2 atom stereocenters. The fourth-order valence-electron chi connectivity index (χ4n) is 2.51. The molecule has 0 saturated carbocycles. The molecule has 1 aliphatic rings. The molecular formula is C15H21NO4. The van der Waals surface area contributed by atoms with E-state index in [0.29, 0.717) is 19.6 Å². The summed E-state index contributed by atoms with van der Waals surface area (Å²) in [5, 5.41) is 12.3. The number of piperidine rings is 1. The Bertz CT molecular complexity index is 449. The van der Waals surface area contributed by atoms with Gasteiger partial charge in [0.25, 0.3) is 0 Å². The maximum Gasteiger partial charge on any atom is 0.320 e. The van der Waals surface area contributed by atoms with Crippen molar-refractivity contribution in [2.75, 3.05) is 20.3 Å². The second kappa shape index (κ2) is 7.26. The number of hydrogen-bond acceptors (Lipinski definition) is 4. The van der Waals surface area contributed by atoms with Gasteiger partial charge in [-0.15, -0.1) is 0 Å². The number of hydrogen-bond donors (Lipinski definition) is 2. The maximum absolute atomic E-state index is 11.1. The second-order valence-corrected chi connectivity index (χ2v) is 4.92. The highest BCUT2D eigenvalue weighted by molar-refractivity contribution is 5.73. The lowest BCUT2D eigenvalue weighted by molar-refractivity contribution is -0.140. The highest BCUT2D eigenvalue weighted by Crippen LogP contribution is 2.31. The summed E-state index contributed by atoms with van der Waals surface area (Å²) in [4.78, 5) is 11.1. The topological polar surface area (TPSA) is 67.8 Å². The van der Waals surface area contributed by atoms with E-state index in [9.17, 15) is 4.79 Å². The number of carboxylic acids is 1. The van der Waals surface area contributed by atoms with Crippen molar-refractivity contribution in [3.63, 3.8) is 0 Å². The molecule has 0 aliphatic carbocycles. The zero-order valence-corrected chi connectivity index (χ0v) is 11.7. The Morgan fingerprint density at radius 1 is 1.35 bits per heavy atom. The molecule has 20 heavy (non-hydrogen) atoms. The molecule has 1 fully saturated rings. The molecule has 2 N–H and O–H groups in total. The molecule has 1 heterocycles. The third-order valence-electron chi connectivity index (χ3n) is 3.53. The van der Waals surface area contributed by atoms with Gasteiger partial charge in [-0.05, 0) is 25.3 Å². The summed E-state index contributed by atoms with van der Waals surface area (Å²) in [6.45, 7) is 1.02. The zero-order valence-electron chi connectivity index (χ0n) is 11.7. The molecule has 5 heteroatoms. The first kappa shape index (κ1) is 14.8. The average Bonchev–Trinajstić information content (AvgIpc) is 2.48. The van der Waals surface area contributed by atoms with Gasteiger partial charge >= 0.3 is 5.97 Å². The van der Waals surface area contributed by atoms with E-state index < -0.39 is 12.0 Å². The van der Waals surface area contributed by atoms with Crippen LogP contribution in [0.15, 0.2) is 24.3 Å². The smallest absolute Gasteiger partial charge is 0.320 e. The summed E-state index contributed by atoms with van der Waals surface area (Å²) >= 11 is 0. The Labute approximate surface area is 118 Å². The SMILES string of the molecule is COCCOc1ccccc1C1CCCC(C(=O)O)N1. The van der Waals surface area contributed by atoms with E-state index in [1.54, 1.807) is 7.11 Å². The van der Waals surface area contributed by atoms with Gasteiger partial charge in [0, 0.05) is 18.7 Å². The van der Waals surface area contributed by atoms with Crippen molar-refractivity contribution >= 4 is 5.97 Å². The molecule has 0 radical (unpaired) electrons. The molecule has 0 bridgehead atoms. The van der Waals surface area contributed by atoms with Gasteiger partial charge in [0.2, 0.25) is 0 Å². The molecule has 110 valence electrons. The lowest BCUT2D eigenvalue weighted by atomic mass is 9.93. The summed E-state index contributed by atoms with van der Waals surface area (Å²) in [5.74, 6) is 0.0144. The first-order valence-corrected chi connectivity index (χ1v) is 6.92.